The van der Waals surface area contributed by atoms with Crippen LogP contribution in [0.5, 0.6) is 0 Å². The van der Waals surface area contributed by atoms with Crippen molar-refractivity contribution in [1.29, 1.82) is 10.5 Å². The molecule has 1 aliphatic heterocycles. The fourth-order valence-corrected chi connectivity index (χ4v) is 2.46. The first-order valence-electron chi connectivity index (χ1n) is 6.60. The molecular weight excluding hydrogens is 234 g/mol. The quantitative estimate of drug-likeness (QED) is 0.757. The number of allylic oxidation sites excluding steroid dienone is 1. The molecule has 1 atom stereocenters. The molecule has 1 saturated heterocycles. The number of anilines is 1. The van der Waals surface area contributed by atoms with Crippen LogP contribution in [-0.2, 0) is 0 Å². The molecule has 0 spiro atoms. The molecule has 19 heavy (non-hydrogen) atoms. The molecule has 0 aliphatic carbocycles. The maximum Gasteiger partial charge on any atom is 0.130 e. The van der Waals surface area contributed by atoms with E-state index in [0.717, 1.165) is 24.6 Å². The van der Waals surface area contributed by atoms with Gasteiger partial charge in [0.2, 0.25) is 0 Å². The Hall–Kier alpha value is -2.26. The molecule has 1 heterocycles. The predicted octanol–water partition coefficient (Wildman–Crippen LogP) is 3.35. The van der Waals surface area contributed by atoms with Gasteiger partial charge in [-0.05, 0) is 42.5 Å². The minimum absolute atomic E-state index is 0.138. The van der Waals surface area contributed by atoms with Crippen molar-refractivity contribution in [1.82, 2.24) is 0 Å². The van der Waals surface area contributed by atoms with Crippen LogP contribution in [0.1, 0.15) is 25.3 Å². The van der Waals surface area contributed by atoms with Gasteiger partial charge in [-0.3, -0.25) is 0 Å². The predicted molar refractivity (Wildman–Crippen MR) is 76.3 cm³/mol. The van der Waals surface area contributed by atoms with E-state index in [1.54, 1.807) is 6.08 Å². The van der Waals surface area contributed by atoms with E-state index in [-0.39, 0.29) is 5.57 Å². The Bertz CT molecular complexity index is 527. The van der Waals surface area contributed by atoms with Gasteiger partial charge >= 0.3 is 0 Å². The zero-order chi connectivity index (χ0) is 13.7. The molecule has 1 aromatic rings. The lowest BCUT2D eigenvalue weighted by molar-refractivity contribution is 0.447. The Balaban J connectivity index is 2.13. The largest absolute Gasteiger partial charge is 0.371 e. The third-order valence-corrected chi connectivity index (χ3v) is 3.47. The molecule has 3 heteroatoms. The van der Waals surface area contributed by atoms with Crippen molar-refractivity contribution in [2.75, 3.05) is 18.0 Å². The molecule has 0 bridgehead atoms. The zero-order valence-corrected chi connectivity index (χ0v) is 11.1. The summed E-state index contributed by atoms with van der Waals surface area (Å²) in [6, 6.07) is 11.8. The van der Waals surface area contributed by atoms with Gasteiger partial charge in [0.1, 0.15) is 17.7 Å². The van der Waals surface area contributed by atoms with E-state index in [1.807, 2.05) is 24.3 Å². The zero-order valence-electron chi connectivity index (χ0n) is 11.1. The summed E-state index contributed by atoms with van der Waals surface area (Å²) in [7, 11) is 0. The van der Waals surface area contributed by atoms with Gasteiger partial charge in [-0.25, -0.2) is 0 Å². The molecule has 1 fully saturated rings. The maximum absolute atomic E-state index is 8.73. The van der Waals surface area contributed by atoms with E-state index < -0.39 is 0 Å². The van der Waals surface area contributed by atoms with Gasteiger partial charge in [-0.2, -0.15) is 10.5 Å². The average Bonchev–Trinajstić information content (AvgIpc) is 2.45. The number of hydrogen-bond acceptors (Lipinski definition) is 3. The van der Waals surface area contributed by atoms with Crippen molar-refractivity contribution in [3.05, 3.63) is 35.4 Å². The van der Waals surface area contributed by atoms with Crippen LogP contribution in [0.3, 0.4) is 0 Å². The lowest BCUT2D eigenvalue weighted by Gasteiger charge is -2.32. The smallest absolute Gasteiger partial charge is 0.130 e. The van der Waals surface area contributed by atoms with Crippen LogP contribution in [-0.4, -0.2) is 13.1 Å². The van der Waals surface area contributed by atoms with E-state index in [1.165, 1.54) is 18.5 Å². The number of hydrogen-bond donors (Lipinski definition) is 0. The fraction of sp³-hybridized carbons (Fsp3) is 0.375. The summed E-state index contributed by atoms with van der Waals surface area (Å²) in [5.41, 5.74) is 2.26. The minimum atomic E-state index is 0.138. The van der Waals surface area contributed by atoms with E-state index in [4.69, 9.17) is 10.5 Å². The third-order valence-electron chi connectivity index (χ3n) is 3.47. The molecule has 0 N–H and O–H groups in total. The molecule has 1 unspecified atom stereocenters. The molecule has 3 nitrogen and oxygen atoms in total. The topological polar surface area (TPSA) is 50.8 Å². The van der Waals surface area contributed by atoms with Gasteiger partial charge < -0.3 is 4.90 Å². The van der Waals surface area contributed by atoms with E-state index in [0.29, 0.717) is 0 Å². The molecule has 1 aliphatic rings. The highest BCUT2D eigenvalue weighted by Crippen LogP contribution is 2.23. The first kappa shape index (κ1) is 13.2. The second-order valence-corrected chi connectivity index (χ2v) is 5.07. The standard InChI is InChI=1S/C16H17N3/c1-13-3-2-8-19(12-13)16-6-4-14(5-7-16)9-15(10-17)11-18/h4-7,9,13H,2-3,8,12H2,1H3. The second kappa shape index (κ2) is 6.07. The highest BCUT2D eigenvalue weighted by Gasteiger charge is 2.16. The van der Waals surface area contributed by atoms with Crippen LogP contribution in [0.4, 0.5) is 5.69 Å². The van der Waals surface area contributed by atoms with Crippen molar-refractivity contribution in [3.8, 4) is 12.1 Å². The molecule has 96 valence electrons. The summed E-state index contributed by atoms with van der Waals surface area (Å²) < 4.78 is 0. The van der Waals surface area contributed by atoms with Gasteiger partial charge in [0, 0.05) is 18.8 Å². The summed E-state index contributed by atoms with van der Waals surface area (Å²) in [5.74, 6) is 0.747. The van der Waals surface area contributed by atoms with E-state index >= 15 is 0 Å². The van der Waals surface area contributed by atoms with E-state index in [9.17, 15) is 0 Å². The summed E-state index contributed by atoms with van der Waals surface area (Å²) in [6.07, 6.45) is 4.17. The SMILES string of the molecule is CC1CCCN(c2ccc(C=C(C#N)C#N)cc2)C1. The van der Waals surface area contributed by atoms with Crippen LogP contribution in [0.15, 0.2) is 29.8 Å². The van der Waals surface area contributed by atoms with E-state index in [2.05, 4.69) is 24.0 Å². The van der Waals surface area contributed by atoms with Crippen molar-refractivity contribution in [2.24, 2.45) is 5.92 Å². The van der Waals surface area contributed by atoms with Gasteiger partial charge in [0.15, 0.2) is 0 Å². The van der Waals surface area contributed by atoms with Gasteiger partial charge in [0.25, 0.3) is 0 Å². The van der Waals surface area contributed by atoms with Crippen LogP contribution in [0.25, 0.3) is 6.08 Å². The number of nitrogens with zero attached hydrogens (tertiary/aromatic N) is 3. The summed E-state index contributed by atoms with van der Waals surface area (Å²) in [6.45, 7) is 4.51. The van der Waals surface area contributed by atoms with Crippen molar-refractivity contribution < 1.29 is 0 Å². The van der Waals surface area contributed by atoms with Crippen molar-refractivity contribution >= 4 is 11.8 Å². The number of nitriles is 2. The first-order valence-corrected chi connectivity index (χ1v) is 6.60. The second-order valence-electron chi connectivity index (χ2n) is 5.07. The number of piperidine rings is 1. The van der Waals surface area contributed by atoms with Crippen LogP contribution in [0, 0.1) is 28.6 Å². The van der Waals surface area contributed by atoms with Crippen molar-refractivity contribution in [3.63, 3.8) is 0 Å². The van der Waals surface area contributed by atoms with Gasteiger partial charge in [0.05, 0.1) is 0 Å². The number of rotatable bonds is 2. The Labute approximate surface area is 114 Å². The lowest BCUT2D eigenvalue weighted by atomic mass is 9.99. The fourth-order valence-electron chi connectivity index (χ4n) is 2.46. The van der Waals surface area contributed by atoms with Crippen LogP contribution < -0.4 is 4.90 Å². The molecule has 0 radical (unpaired) electrons. The monoisotopic (exact) mass is 251 g/mol. The molecule has 1 aromatic carbocycles. The van der Waals surface area contributed by atoms with Crippen LogP contribution >= 0.6 is 0 Å². The highest BCUT2D eigenvalue weighted by molar-refractivity contribution is 5.64. The number of benzene rings is 1. The average molecular weight is 251 g/mol. The maximum atomic E-state index is 8.73. The summed E-state index contributed by atoms with van der Waals surface area (Å²) >= 11 is 0. The lowest BCUT2D eigenvalue weighted by Crippen LogP contribution is -2.34. The third kappa shape index (κ3) is 3.36. The van der Waals surface area contributed by atoms with Crippen molar-refractivity contribution in [2.45, 2.75) is 19.8 Å². The highest BCUT2D eigenvalue weighted by atomic mass is 15.1. The summed E-state index contributed by atoms with van der Waals surface area (Å²) in [5, 5.41) is 17.5. The normalized spacial score (nSPS) is 18.3. The Morgan fingerprint density at radius 3 is 2.53 bits per heavy atom. The summed E-state index contributed by atoms with van der Waals surface area (Å²) in [4.78, 5) is 2.40. The Morgan fingerprint density at radius 1 is 1.26 bits per heavy atom. The van der Waals surface area contributed by atoms with Crippen LogP contribution in [0.2, 0.25) is 0 Å². The molecular formula is C16H17N3. The molecule has 0 saturated carbocycles. The Morgan fingerprint density at radius 2 is 1.95 bits per heavy atom. The molecule has 0 aromatic heterocycles. The minimum Gasteiger partial charge on any atom is -0.371 e. The Kier molecular flexibility index (Phi) is 4.21. The van der Waals surface area contributed by atoms with Gasteiger partial charge in [-0.15, -0.1) is 0 Å². The molecule has 0 amide bonds. The first-order chi connectivity index (χ1) is 9.22. The van der Waals surface area contributed by atoms with Gasteiger partial charge in [-0.1, -0.05) is 19.1 Å². The molecule has 2 rings (SSSR count).